The van der Waals surface area contributed by atoms with Crippen LogP contribution in [0.15, 0.2) is 65.8 Å². The van der Waals surface area contributed by atoms with Gasteiger partial charge in [0.25, 0.3) is 5.91 Å². The Hall–Kier alpha value is -3.17. The Balaban J connectivity index is 1.55. The number of hydrogen-bond donors (Lipinski definition) is 0. The normalized spacial score (nSPS) is 15.0. The molecule has 0 unspecified atom stereocenters. The monoisotopic (exact) mass is 482 g/mol. The number of carbonyl (C=O) groups is 1. The maximum absolute atomic E-state index is 13.3. The van der Waals surface area contributed by atoms with Crippen LogP contribution >= 0.6 is 0 Å². The topological polar surface area (TPSA) is 84.7 Å². The molecule has 0 spiro atoms. The molecule has 2 heterocycles. The first kappa shape index (κ1) is 24.0. The molecule has 1 aliphatic rings. The van der Waals surface area contributed by atoms with Crippen LogP contribution in [-0.4, -0.2) is 60.6 Å². The molecule has 0 bridgehead atoms. The van der Waals surface area contributed by atoms with E-state index in [0.717, 1.165) is 36.9 Å². The highest BCUT2D eigenvalue weighted by atomic mass is 32.2. The van der Waals surface area contributed by atoms with E-state index in [4.69, 9.17) is 4.74 Å². The first-order valence-corrected chi connectivity index (χ1v) is 12.9. The van der Waals surface area contributed by atoms with Crippen LogP contribution in [0.3, 0.4) is 0 Å². The summed E-state index contributed by atoms with van der Waals surface area (Å²) in [6, 6.07) is 14.2. The van der Waals surface area contributed by atoms with E-state index in [9.17, 15) is 13.2 Å². The van der Waals surface area contributed by atoms with Gasteiger partial charge >= 0.3 is 0 Å². The molecule has 4 rings (SSSR count). The van der Waals surface area contributed by atoms with Crippen LogP contribution in [0, 0.1) is 0 Å². The van der Waals surface area contributed by atoms with Crippen molar-refractivity contribution in [3.8, 4) is 11.4 Å². The van der Waals surface area contributed by atoms with Crippen LogP contribution in [0.2, 0.25) is 0 Å². The van der Waals surface area contributed by atoms with Gasteiger partial charge in [-0.15, -0.1) is 0 Å². The highest BCUT2D eigenvalue weighted by molar-refractivity contribution is 7.89. The van der Waals surface area contributed by atoms with Gasteiger partial charge in [0.05, 0.1) is 29.5 Å². The van der Waals surface area contributed by atoms with Gasteiger partial charge in [-0.05, 0) is 43.2 Å². The van der Waals surface area contributed by atoms with Crippen molar-refractivity contribution in [1.82, 2.24) is 19.0 Å². The third kappa shape index (κ3) is 5.15. The van der Waals surface area contributed by atoms with E-state index >= 15 is 0 Å². The van der Waals surface area contributed by atoms with E-state index in [1.807, 2.05) is 36.5 Å². The van der Waals surface area contributed by atoms with Crippen LogP contribution < -0.4 is 4.74 Å². The van der Waals surface area contributed by atoms with Crippen LogP contribution in [0.1, 0.15) is 41.6 Å². The maximum Gasteiger partial charge on any atom is 0.257 e. The van der Waals surface area contributed by atoms with Crippen molar-refractivity contribution in [2.45, 2.75) is 37.1 Å². The minimum absolute atomic E-state index is 0.115. The molecule has 0 aliphatic carbocycles. The lowest BCUT2D eigenvalue weighted by Gasteiger charge is -2.22. The lowest BCUT2D eigenvalue weighted by atomic mass is 10.1. The number of methoxy groups -OCH3 is 1. The van der Waals surface area contributed by atoms with E-state index < -0.39 is 10.0 Å². The number of amides is 1. The number of hydrogen-bond acceptors (Lipinski definition) is 5. The Morgan fingerprint density at radius 1 is 1.06 bits per heavy atom. The molecule has 180 valence electrons. The largest absolute Gasteiger partial charge is 0.496 e. The minimum Gasteiger partial charge on any atom is -0.496 e. The highest BCUT2D eigenvalue weighted by Gasteiger charge is 2.28. The number of sulfonamides is 1. The molecule has 0 radical (unpaired) electrons. The standard InChI is InChI=1S/C25H30N4O4S/c1-27(18-20-17-26-29(19-20)21-10-6-5-7-11-21)25(30)23-16-22(12-13-24(23)33-2)34(31,32)28-14-8-3-4-9-15-28/h5-7,10-13,16-17,19H,3-4,8-9,14-15,18H2,1-2H3. The summed E-state index contributed by atoms with van der Waals surface area (Å²) in [5.74, 6) is 0.0175. The minimum atomic E-state index is -3.68. The Morgan fingerprint density at radius 2 is 1.76 bits per heavy atom. The molecule has 1 amide bonds. The Morgan fingerprint density at radius 3 is 2.44 bits per heavy atom. The van der Waals surface area contributed by atoms with Gasteiger partial charge in [0.15, 0.2) is 0 Å². The van der Waals surface area contributed by atoms with Gasteiger partial charge in [0, 0.05) is 38.4 Å². The molecule has 9 heteroatoms. The Bertz CT molecular complexity index is 1230. The maximum atomic E-state index is 13.3. The molecular formula is C25H30N4O4S. The molecule has 2 aromatic carbocycles. The van der Waals surface area contributed by atoms with Gasteiger partial charge in [0.2, 0.25) is 10.0 Å². The SMILES string of the molecule is COc1ccc(S(=O)(=O)N2CCCCCC2)cc1C(=O)N(C)Cc1cnn(-c2ccccc2)c1. The molecule has 8 nitrogen and oxygen atoms in total. The number of ether oxygens (including phenoxy) is 1. The van der Waals surface area contributed by atoms with Crippen LogP contribution in [0.25, 0.3) is 5.69 Å². The highest BCUT2D eigenvalue weighted by Crippen LogP contribution is 2.27. The first-order valence-electron chi connectivity index (χ1n) is 11.4. The Labute approximate surface area is 200 Å². The second-order valence-corrected chi connectivity index (χ2v) is 10.4. The molecule has 34 heavy (non-hydrogen) atoms. The van der Waals surface area contributed by atoms with E-state index in [0.29, 0.717) is 25.4 Å². The molecule has 0 saturated carbocycles. The van der Waals surface area contributed by atoms with E-state index in [-0.39, 0.29) is 16.4 Å². The zero-order valence-electron chi connectivity index (χ0n) is 19.6. The summed E-state index contributed by atoms with van der Waals surface area (Å²) in [5, 5.41) is 4.38. The van der Waals surface area contributed by atoms with Gasteiger partial charge in [-0.2, -0.15) is 9.40 Å². The van der Waals surface area contributed by atoms with Crippen LogP contribution in [-0.2, 0) is 16.6 Å². The average molecular weight is 483 g/mol. The van der Waals surface area contributed by atoms with Crippen LogP contribution in [0.5, 0.6) is 5.75 Å². The molecule has 1 aromatic heterocycles. The van der Waals surface area contributed by atoms with Gasteiger partial charge in [-0.25, -0.2) is 13.1 Å². The summed E-state index contributed by atoms with van der Waals surface area (Å²) in [6.07, 6.45) is 7.35. The van der Waals surface area contributed by atoms with Crippen molar-refractivity contribution < 1.29 is 17.9 Å². The summed E-state index contributed by atoms with van der Waals surface area (Å²) in [5.41, 5.74) is 2.00. The van der Waals surface area contributed by atoms with Gasteiger partial charge in [-0.3, -0.25) is 4.79 Å². The third-order valence-electron chi connectivity index (χ3n) is 6.03. The number of aromatic nitrogens is 2. The fourth-order valence-electron chi connectivity index (χ4n) is 4.16. The van der Waals surface area contributed by atoms with Crippen LogP contribution in [0.4, 0.5) is 0 Å². The number of carbonyl (C=O) groups excluding carboxylic acids is 1. The zero-order valence-corrected chi connectivity index (χ0v) is 20.4. The van der Waals surface area contributed by atoms with Crippen molar-refractivity contribution in [3.05, 3.63) is 72.1 Å². The Kier molecular flexibility index (Phi) is 7.33. The lowest BCUT2D eigenvalue weighted by molar-refractivity contribution is 0.0781. The summed E-state index contributed by atoms with van der Waals surface area (Å²) < 4.78 is 35.2. The van der Waals surface area contributed by atoms with Crippen molar-refractivity contribution in [1.29, 1.82) is 0 Å². The van der Waals surface area contributed by atoms with E-state index in [1.54, 1.807) is 24.0 Å². The van der Waals surface area contributed by atoms with Gasteiger partial charge < -0.3 is 9.64 Å². The predicted octanol–water partition coefficient (Wildman–Crippen LogP) is 3.72. The number of para-hydroxylation sites is 1. The van der Waals surface area contributed by atoms with Crippen molar-refractivity contribution in [3.63, 3.8) is 0 Å². The summed E-state index contributed by atoms with van der Waals surface area (Å²) in [6.45, 7) is 1.32. The predicted molar refractivity (Wildman–Crippen MR) is 130 cm³/mol. The second-order valence-electron chi connectivity index (χ2n) is 8.47. The third-order valence-corrected chi connectivity index (χ3v) is 7.92. The summed E-state index contributed by atoms with van der Waals surface area (Å²) >= 11 is 0. The number of rotatable bonds is 7. The first-order chi connectivity index (χ1) is 16.4. The summed E-state index contributed by atoms with van der Waals surface area (Å²) in [4.78, 5) is 15.0. The number of benzene rings is 2. The second kappa shape index (κ2) is 10.4. The molecule has 0 N–H and O–H groups in total. The quantitative estimate of drug-likeness (QED) is 0.513. The van der Waals surface area contributed by atoms with Crippen molar-refractivity contribution in [2.75, 3.05) is 27.2 Å². The zero-order chi connectivity index (χ0) is 24.1. The molecule has 1 saturated heterocycles. The fraction of sp³-hybridized carbons (Fsp3) is 0.360. The summed E-state index contributed by atoms with van der Waals surface area (Å²) in [7, 11) is -0.535. The smallest absolute Gasteiger partial charge is 0.257 e. The average Bonchev–Trinajstić information content (AvgIpc) is 3.14. The van der Waals surface area contributed by atoms with Crippen molar-refractivity contribution >= 4 is 15.9 Å². The van der Waals surface area contributed by atoms with E-state index in [2.05, 4.69) is 5.10 Å². The molecule has 1 aliphatic heterocycles. The molecule has 0 atom stereocenters. The van der Waals surface area contributed by atoms with Gasteiger partial charge in [-0.1, -0.05) is 31.0 Å². The molecular weight excluding hydrogens is 452 g/mol. The fourth-order valence-corrected chi connectivity index (χ4v) is 5.70. The molecule has 3 aromatic rings. The van der Waals surface area contributed by atoms with Crippen molar-refractivity contribution in [2.24, 2.45) is 0 Å². The van der Waals surface area contributed by atoms with Gasteiger partial charge in [0.1, 0.15) is 5.75 Å². The van der Waals surface area contributed by atoms with E-state index in [1.165, 1.54) is 28.4 Å². The lowest BCUT2D eigenvalue weighted by Crippen LogP contribution is -2.32. The number of nitrogens with zero attached hydrogens (tertiary/aromatic N) is 4. The molecule has 1 fully saturated rings.